The number of carbonyl (C=O) groups excluding carboxylic acids is 1. The second kappa shape index (κ2) is 30.5. The Morgan fingerprint density at radius 2 is 1.00 bits per heavy atom. The Kier molecular flexibility index (Phi) is 29.8. The van der Waals surface area contributed by atoms with Crippen molar-refractivity contribution in [3.05, 3.63) is 12.2 Å². The molecule has 0 aromatic heterocycles. The zero-order valence-corrected chi connectivity index (χ0v) is 27.0. The third-order valence-corrected chi connectivity index (χ3v) is 8.23. The smallest absolute Gasteiger partial charge is 0.249 e. The Hall–Kier alpha value is -0.950. The fourth-order valence-electron chi connectivity index (χ4n) is 5.32. The van der Waals surface area contributed by atoms with Crippen LogP contribution in [0.15, 0.2) is 12.2 Å². The molecule has 0 aliphatic carbocycles. The zero-order valence-electron chi connectivity index (χ0n) is 27.0. The van der Waals surface area contributed by atoms with Crippen LogP contribution < -0.4 is 5.32 Å². The molecule has 0 saturated carbocycles. The first-order valence-corrected chi connectivity index (χ1v) is 17.6. The first-order chi connectivity index (χ1) is 20.0. The third-order valence-electron chi connectivity index (χ3n) is 8.23. The molecule has 0 spiro atoms. The molecule has 0 aromatic rings. The molecule has 0 rings (SSSR count). The van der Waals surface area contributed by atoms with Crippen molar-refractivity contribution in [2.75, 3.05) is 6.61 Å². The van der Waals surface area contributed by atoms with Crippen molar-refractivity contribution < 1.29 is 25.2 Å². The number of aliphatic hydroxyl groups excluding tert-OH is 4. The average molecular weight is 584 g/mol. The largest absolute Gasteiger partial charge is 0.394 e. The lowest BCUT2D eigenvalue weighted by Crippen LogP contribution is -2.53. The molecule has 244 valence electrons. The normalized spacial score (nSPS) is 14.8. The van der Waals surface area contributed by atoms with Gasteiger partial charge in [-0.1, -0.05) is 154 Å². The van der Waals surface area contributed by atoms with E-state index in [-0.39, 0.29) is 0 Å². The lowest BCUT2D eigenvalue weighted by Gasteiger charge is -2.27. The van der Waals surface area contributed by atoms with Gasteiger partial charge in [-0.15, -0.1) is 0 Å². The van der Waals surface area contributed by atoms with E-state index in [1.165, 1.54) is 89.9 Å². The monoisotopic (exact) mass is 584 g/mol. The summed E-state index contributed by atoms with van der Waals surface area (Å²) in [4.78, 5) is 12.4. The van der Waals surface area contributed by atoms with Gasteiger partial charge in [0, 0.05) is 0 Å². The van der Waals surface area contributed by atoms with Gasteiger partial charge in [0.25, 0.3) is 0 Å². The number of aliphatic hydroxyl groups is 4. The van der Waals surface area contributed by atoms with Crippen molar-refractivity contribution >= 4 is 5.91 Å². The van der Waals surface area contributed by atoms with Crippen LogP contribution >= 0.6 is 0 Å². The molecule has 0 fully saturated rings. The number of amides is 1. The molecule has 4 atom stereocenters. The van der Waals surface area contributed by atoms with E-state index in [9.17, 15) is 25.2 Å². The van der Waals surface area contributed by atoms with Crippen LogP contribution in [-0.2, 0) is 4.79 Å². The van der Waals surface area contributed by atoms with Crippen molar-refractivity contribution in [1.29, 1.82) is 0 Å². The van der Waals surface area contributed by atoms with E-state index < -0.39 is 36.9 Å². The minimum absolute atomic E-state index is 0.355. The van der Waals surface area contributed by atoms with Crippen LogP contribution in [0.2, 0.25) is 0 Å². The van der Waals surface area contributed by atoms with Gasteiger partial charge in [-0.05, 0) is 32.1 Å². The number of hydrogen-bond acceptors (Lipinski definition) is 5. The highest BCUT2D eigenvalue weighted by Crippen LogP contribution is 2.16. The number of allylic oxidation sites excluding steroid dienone is 2. The van der Waals surface area contributed by atoms with Crippen molar-refractivity contribution in [2.24, 2.45) is 0 Å². The fraction of sp³-hybridized carbons (Fsp3) is 0.914. The molecule has 1 amide bonds. The predicted octanol–water partition coefficient (Wildman–Crippen LogP) is 7.89. The summed E-state index contributed by atoms with van der Waals surface area (Å²) in [5.41, 5.74) is 0. The van der Waals surface area contributed by atoms with Gasteiger partial charge in [-0.25, -0.2) is 0 Å². The Balaban J connectivity index is 3.83. The van der Waals surface area contributed by atoms with Gasteiger partial charge in [-0.2, -0.15) is 0 Å². The second-order valence-electron chi connectivity index (χ2n) is 12.2. The maximum Gasteiger partial charge on any atom is 0.249 e. The van der Waals surface area contributed by atoms with Gasteiger partial charge in [0.1, 0.15) is 12.2 Å². The van der Waals surface area contributed by atoms with Crippen LogP contribution in [0.5, 0.6) is 0 Å². The van der Waals surface area contributed by atoms with E-state index in [0.717, 1.165) is 57.8 Å². The quantitative estimate of drug-likeness (QED) is 0.0421. The van der Waals surface area contributed by atoms with Gasteiger partial charge in [0.05, 0.1) is 18.8 Å². The van der Waals surface area contributed by atoms with Gasteiger partial charge in [-0.3, -0.25) is 4.79 Å². The summed E-state index contributed by atoms with van der Waals surface area (Å²) in [5, 5.41) is 43.3. The van der Waals surface area contributed by atoms with Crippen LogP contribution in [0.1, 0.15) is 174 Å². The van der Waals surface area contributed by atoms with E-state index in [0.29, 0.717) is 12.8 Å². The highest BCUT2D eigenvalue weighted by atomic mass is 16.3. The summed E-state index contributed by atoms with van der Waals surface area (Å²) in [5.74, 6) is -0.596. The molecule has 5 N–H and O–H groups in total. The molecular weight excluding hydrogens is 514 g/mol. The summed E-state index contributed by atoms with van der Waals surface area (Å²) in [7, 11) is 0. The van der Waals surface area contributed by atoms with Crippen molar-refractivity contribution in [3.63, 3.8) is 0 Å². The first-order valence-electron chi connectivity index (χ1n) is 17.6. The Morgan fingerprint density at radius 3 is 1.49 bits per heavy atom. The maximum absolute atomic E-state index is 12.4. The van der Waals surface area contributed by atoms with Gasteiger partial charge in [0.2, 0.25) is 5.91 Å². The standard InChI is InChI=1S/C35H69NO5/c1-3-5-7-9-11-13-15-16-17-18-19-21-22-24-26-28-32(38)34(40)31(30-37)36-35(41)33(39)29-27-25-23-20-14-12-10-8-6-4-2/h10,12,31-34,37-40H,3-9,11,13-30H2,1-2H3,(H,36,41)/b12-10-. The van der Waals surface area contributed by atoms with Crippen molar-refractivity contribution in [3.8, 4) is 0 Å². The van der Waals surface area contributed by atoms with Crippen molar-refractivity contribution in [2.45, 2.75) is 199 Å². The van der Waals surface area contributed by atoms with E-state index in [1.807, 2.05) is 0 Å². The fourth-order valence-corrected chi connectivity index (χ4v) is 5.32. The highest BCUT2D eigenvalue weighted by Gasteiger charge is 2.28. The molecule has 0 saturated heterocycles. The zero-order chi connectivity index (χ0) is 30.4. The number of carbonyl (C=O) groups is 1. The molecule has 0 aliphatic rings. The van der Waals surface area contributed by atoms with Crippen LogP contribution in [-0.4, -0.2) is 57.3 Å². The minimum Gasteiger partial charge on any atom is -0.394 e. The number of hydrogen-bond donors (Lipinski definition) is 5. The highest BCUT2D eigenvalue weighted by molar-refractivity contribution is 5.80. The van der Waals surface area contributed by atoms with Crippen LogP contribution in [0, 0.1) is 0 Å². The lowest BCUT2D eigenvalue weighted by atomic mass is 9.99. The summed E-state index contributed by atoms with van der Waals surface area (Å²) in [6, 6.07) is -0.983. The second-order valence-corrected chi connectivity index (χ2v) is 12.2. The van der Waals surface area contributed by atoms with Gasteiger partial charge >= 0.3 is 0 Å². The summed E-state index contributed by atoms with van der Waals surface area (Å²) in [6.07, 6.45) is 29.5. The van der Waals surface area contributed by atoms with Crippen LogP contribution in [0.3, 0.4) is 0 Å². The summed E-state index contributed by atoms with van der Waals surface area (Å²) in [6.45, 7) is 3.97. The predicted molar refractivity (Wildman–Crippen MR) is 173 cm³/mol. The minimum atomic E-state index is -1.26. The van der Waals surface area contributed by atoms with E-state index >= 15 is 0 Å². The summed E-state index contributed by atoms with van der Waals surface area (Å²) < 4.78 is 0. The molecule has 0 aliphatic heterocycles. The molecule has 0 bridgehead atoms. The van der Waals surface area contributed by atoms with E-state index in [2.05, 4.69) is 31.3 Å². The SMILES string of the molecule is CCCC/C=C\CCCCCCC(O)C(=O)NC(CO)C(O)C(O)CCCCCCCCCCCCCCCCC. The molecule has 0 radical (unpaired) electrons. The number of nitrogens with one attached hydrogen (secondary N) is 1. The Morgan fingerprint density at radius 1 is 0.585 bits per heavy atom. The van der Waals surface area contributed by atoms with Gasteiger partial charge in [0.15, 0.2) is 0 Å². The number of rotatable bonds is 31. The Bertz CT molecular complexity index is 585. The van der Waals surface area contributed by atoms with E-state index in [1.54, 1.807) is 0 Å². The molecule has 0 aromatic carbocycles. The molecule has 41 heavy (non-hydrogen) atoms. The third kappa shape index (κ3) is 25.3. The van der Waals surface area contributed by atoms with Crippen molar-refractivity contribution in [1.82, 2.24) is 5.32 Å². The molecule has 4 unspecified atom stereocenters. The number of unbranched alkanes of at least 4 members (excludes halogenated alkanes) is 20. The lowest BCUT2D eigenvalue weighted by molar-refractivity contribution is -0.132. The Labute approximate surface area is 253 Å². The molecule has 6 nitrogen and oxygen atoms in total. The van der Waals surface area contributed by atoms with Crippen LogP contribution in [0.25, 0.3) is 0 Å². The first kappa shape index (κ1) is 40.1. The summed E-state index contributed by atoms with van der Waals surface area (Å²) >= 11 is 0. The molecule has 0 heterocycles. The molecule has 6 heteroatoms. The van der Waals surface area contributed by atoms with Gasteiger partial charge < -0.3 is 25.7 Å². The molecular formula is C35H69NO5. The average Bonchev–Trinajstić information content (AvgIpc) is 2.98. The topological polar surface area (TPSA) is 110 Å². The van der Waals surface area contributed by atoms with E-state index in [4.69, 9.17) is 0 Å². The maximum atomic E-state index is 12.4. The van der Waals surface area contributed by atoms with Crippen LogP contribution in [0.4, 0.5) is 0 Å².